The Morgan fingerprint density at radius 2 is 1.82 bits per heavy atom. The maximum atomic E-state index is 11.2. The van der Waals surface area contributed by atoms with Gasteiger partial charge in [-0.2, -0.15) is 0 Å². The summed E-state index contributed by atoms with van der Waals surface area (Å²) in [5.74, 6) is -0.205. The largest absolute Gasteiger partial charge is 0.355 e. The lowest BCUT2D eigenvalue weighted by molar-refractivity contribution is -0.124. The third-order valence-corrected chi connectivity index (χ3v) is 2.12. The molecule has 0 unspecified atom stereocenters. The molecule has 2 amide bonds. The van der Waals surface area contributed by atoms with Crippen LogP contribution < -0.4 is 16.4 Å². The van der Waals surface area contributed by atoms with Crippen molar-refractivity contribution in [1.29, 1.82) is 0 Å². The second kappa shape index (κ2) is 9.77. The summed E-state index contributed by atoms with van der Waals surface area (Å²) in [6.45, 7) is 2.53. The Morgan fingerprint density at radius 1 is 1.24 bits per heavy atom. The molecule has 6 nitrogen and oxygen atoms in total. The van der Waals surface area contributed by atoms with Crippen molar-refractivity contribution in [2.75, 3.05) is 13.1 Å². The first kappa shape index (κ1) is 15.6. The van der Waals surface area contributed by atoms with E-state index in [4.69, 9.17) is 5.73 Å². The fourth-order valence-electron chi connectivity index (χ4n) is 1.23. The molecule has 0 rings (SSSR count). The highest BCUT2D eigenvalue weighted by molar-refractivity contribution is 5.79. The smallest absolute Gasteiger partial charge is 0.220 e. The molecule has 0 radical (unpaired) electrons. The van der Waals surface area contributed by atoms with Gasteiger partial charge in [0, 0.05) is 25.9 Å². The van der Waals surface area contributed by atoms with Gasteiger partial charge in [0.1, 0.15) is 6.29 Å². The molecule has 0 fully saturated rings. The van der Waals surface area contributed by atoms with Gasteiger partial charge in [0.05, 0.1) is 6.04 Å². The van der Waals surface area contributed by atoms with Gasteiger partial charge in [-0.3, -0.25) is 9.59 Å². The maximum absolute atomic E-state index is 11.2. The van der Waals surface area contributed by atoms with Crippen LogP contribution in [0.1, 0.15) is 32.6 Å². The van der Waals surface area contributed by atoms with E-state index < -0.39 is 6.04 Å². The van der Waals surface area contributed by atoms with Crippen molar-refractivity contribution in [3.8, 4) is 0 Å². The third-order valence-electron chi connectivity index (χ3n) is 2.12. The molecule has 98 valence electrons. The molecule has 4 N–H and O–H groups in total. The molecule has 6 heteroatoms. The van der Waals surface area contributed by atoms with Gasteiger partial charge in [-0.1, -0.05) is 0 Å². The minimum Gasteiger partial charge on any atom is -0.355 e. The van der Waals surface area contributed by atoms with E-state index >= 15 is 0 Å². The average molecular weight is 243 g/mol. The number of unbranched alkanes of at least 4 members (excludes halogenated alkanes) is 1. The standard InChI is InChI=1S/C11H21N3O3/c1-9(8-15)14-11(17)5-3-2-4-10(16)13-7-6-12/h8-9H,2-7,12H2,1H3,(H,13,16)(H,14,17)/t9-/m0/s1. The van der Waals surface area contributed by atoms with Gasteiger partial charge in [-0.15, -0.1) is 0 Å². The summed E-state index contributed by atoms with van der Waals surface area (Å²) in [6.07, 6.45) is 2.70. The fraction of sp³-hybridized carbons (Fsp3) is 0.727. The molecule has 0 aliphatic heterocycles. The Bertz CT molecular complexity index is 256. The number of amides is 2. The van der Waals surface area contributed by atoms with Crippen LogP contribution in [0.5, 0.6) is 0 Å². The summed E-state index contributed by atoms with van der Waals surface area (Å²) >= 11 is 0. The quantitative estimate of drug-likeness (QED) is 0.369. The number of hydrogen-bond donors (Lipinski definition) is 3. The van der Waals surface area contributed by atoms with Crippen LogP contribution in [0.15, 0.2) is 0 Å². The monoisotopic (exact) mass is 243 g/mol. The predicted octanol–water partition coefficient (Wildman–Crippen LogP) is -0.675. The molecule has 0 saturated carbocycles. The molecular formula is C11H21N3O3. The number of carbonyl (C=O) groups excluding carboxylic acids is 3. The van der Waals surface area contributed by atoms with Crippen LogP contribution >= 0.6 is 0 Å². The molecule has 0 bridgehead atoms. The Kier molecular flexibility index (Phi) is 8.95. The number of carbonyl (C=O) groups is 3. The molecule has 0 spiro atoms. The fourth-order valence-corrected chi connectivity index (χ4v) is 1.23. The lowest BCUT2D eigenvalue weighted by Crippen LogP contribution is -2.33. The van der Waals surface area contributed by atoms with Gasteiger partial charge in [0.2, 0.25) is 11.8 Å². The van der Waals surface area contributed by atoms with E-state index in [0.29, 0.717) is 45.1 Å². The van der Waals surface area contributed by atoms with Crippen LogP contribution in [0.25, 0.3) is 0 Å². The summed E-state index contributed by atoms with van der Waals surface area (Å²) in [7, 11) is 0. The van der Waals surface area contributed by atoms with Crippen molar-refractivity contribution >= 4 is 18.1 Å². The topological polar surface area (TPSA) is 101 Å². The lowest BCUT2D eigenvalue weighted by Gasteiger charge is -2.07. The Balaban J connectivity index is 3.47. The van der Waals surface area contributed by atoms with Gasteiger partial charge in [0.15, 0.2) is 0 Å². The van der Waals surface area contributed by atoms with Crippen molar-refractivity contribution in [1.82, 2.24) is 10.6 Å². The summed E-state index contributed by atoms with van der Waals surface area (Å²) in [5, 5.41) is 5.18. The number of nitrogens with one attached hydrogen (secondary N) is 2. The summed E-state index contributed by atoms with van der Waals surface area (Å²) in [5.41, 5.74) is 5.23. The first-order chi connectivity index (χ1) is 8.10. The van der Waals surface area contributed by atoms with Crippen molar-refractivity contribution in [3.63, 3.8) is 0 Å². The van der Waals surface area contributed by atoms with Crippen LogP contribution in [0.2, 0.25) is 0 Å². The van der Waals surface area contributed by atoms with Gasteiger partial charge in [-0.25, -0.2) is 0 Å². The highest BCUT2D eigenvalue weighted by Gasteiger charge is 2.06. The van der Waals surface area contributed by atoms with Crippen LogP contribution in [-0.2, 0) is 14.4 Å². The molecule has 0 saturated heterocycles. The van der Waals surface area contributed by atoms with Gasteiger partial charge < -0.3 is 21.2 Å². The van der Waals surface area contributed by atoms with E-state index in [2.05, 4.69) is 10.6 Å². The zero-order valence-corrected chi connectivity index (χ0v) is 10.2. The molecule has 17 heavy (non-hydrogen) atoms. The van der Waals surface area contributed by atoms with Crippen molar-refractivity contribution in [3.05, 3.63) is 0 Å². The average Bonchev–Trinajstić information content (AvgIpc) is 2.31. The second-order valence-electron chi connectivity index (χ2n) is 3.84. The van der Waals surface area contributed by atoms with Gasteiger partial charge >= 0.3 is 0 Å². The maximum Gasteiger partial charge on any atom is 0.220 e. The zero-order valence-electron chi connectivity index (χ0n) is 10.2. The Morgan fingerprint density at radius 3 is 2.35 bits per heavy atom. The summed E-state index contributed by atoms with van der Waals surface area (Å²) in [6, 6.07) is -0.449. The Labute approximate surface area is 101 Å². The number of nitrogens with two attached hydrogens (primary N) is 1. The number of rotatable bonds is 9. The van der Waals surface area contributed by atoms with Gasteiger partial charge in [0.25, 0.3) is 0 Å². The molecular weight excluding hydrogens is 222 g/mol. The number of aldehydes is 1. The predicted molar refractivity (Wildman–Crippen MR) is 64.2 cm³/mol. The Hall–Kier alpha value is -1.43. The lowest BCUT2D eigenvalue weighted by atomic mass is 10.1. The first-order valence-corrected chi connectivity index (χ1v) is 5.81. The minimum atomic E-state index is -0.449. The molecule has 0 heterocycles. The normalized spacial score (nSPS) is 11.6. The first-order valence-electron chi connectivity index (χ1n) is 5.81. The van der Waals surface area contributed by atoms with E-state index in [-0.39, 0.29) is 11.8 Å². The van der Waals surface area contributed by atoms with E-state index in [0.717, 1.165) is 0 Å². The molecule has 0 aromatic rings. The van der Waals surface area contributed by atoms with Crippen molar-refractivity contribution in [2.24, 2.45) is 5.73 Å². The van der Waals surface area contributed by atoms with Crippen LogP contribution in [0.3, 0.4) is 0 Å². The van der Waals surface area contributed by atoms with Crippen molar-refractivity contribution in [2.45, 2.75) is 38.6 Å². The summed E-state index contributed by atoms with van der Waals surface area (Å²) in [4.78, 5) is 32.7. The van der Waals surface area contributed by atoms with Crippen LogP contribution in [0.4, 0.5) is 0 Å². The minimum absolute atomic E-state index is 0.0443. The highest BCUT2D eigenvalue weighted by atomic mass is 16.2. The summed E-state index contributed by atoms with van der Waals surface area (Å²) < 4.78 is 0. The van der Waals surface area contributed by atoms with E-state index in [1.807, 2.05) is 0 Å². The van der Waals surface area contributed by atoms with Gasteiger partial charge in [-0.05, 0) is 19.8 Å². The van der Waals surface area contributed by atoms with Crippen LogP contribution in [-0.4, -0.2) is 37.2 Å². The van der Waals surface area contributed by atoms with E-state index in [1.54, 1.807) is 6.92 Å². The molecule has 0 aliphatic carbocycles. The molecule has 0 aromatic heterocycles. The van der Waals surface area contributed by atoms with Crippen molar-refractivity contribution < 1.29 is 14.4 Å². The van der Waals surface area contributed by atoms with E-state index in [9.17, 15) is 14.4 Å². The zero-order chi connectivity index (χ0) is 13.1. The number of hydrogen-bond acceptors (Lipinski definition) is 4. The highest BCUT2D eigenvalue weighted by Crippen LogP contribution is 1.99. The van der Waals surface area contributed by atoms with E-state index in [1.165, 1.54) is 0 Å². The molecule has 0 aromatic carbocycles. The third kappa shape index (κ3) is 9.50. The SMILES string of the molecule is C[C@@H](C=O)NC(=O)CCCCC(=O)NCCN. The van der Waals surface area contributed by atoms with Crippen LogP contribution in [0, 0.1) is 0 Å². The molecule has 1 atom stereocenters. The molecule has 0 aliphatic rings. The second-order valence-corrected chi connectivity index (χ2v) is 3.84.